The van der Waals surface area contributed by atoms with Gasteiger partial charge in [-0.1, -0.05) is 5.16 Å². The summed E-state index contributed by atoms with van der Waals surface area (Å²) in [4.78, 5) is 25.7. The average molecular weight is 267 g/mol. The van der Waals surface area contributed by atoms with Crippen LogP contribution in [0.3, 0.4) is 0 Å². The zero-order valence-electron chi connectivity index (χ0n) is 9.87. The number of aromatic nitrogens is 1. The van der Waals surface area contributed by atoms with E-state index in [2.05, 4.69) is 20.2 Å². The predicted molar refractivity (Wildman–Crippen MR) is 64.6 cm³/mol. The molecule has 102 valence electrons. The summed E-state index contributed by atoms with van der Waals surface area (Å²) in [5.41, 5.74) is 10.6. The van der Waals surface area contributed by atoms with Crippen molar-refractivity contribution < 1.29 is 19.5 Å². The fourth-order valence-electron chi connectivity index (χ4n) is 1.14. The Bertz CT molecular complexity index is 485. The van der Waals surface area contributed by atoms with Gasteiger partial charge in [-0.3, -0.25) is 9.78 Å². The van der Waals surface area contributed by atoms with Crippen LogP contribution in [0.25, 0.3) is 0 Å². The van der Waals surface area contributed by atoms with Crippen molar-refractivity contribution in [1.29, 1.82) is 0 Å². The van der Waals surface area contributed by atoms with Crippen LogP contribution in [0.5, 0.6) is 0 Å². The molecule has 0 saturated carbocycles. The van der Waals surface area contributed by atoms with Gasteiger partial charge in [0.1, 0.15) is 12.3 Å². The number of amides is 2. The third-order valence-electron chi connectivity index (χ3n) is 2.03. The minimum Gasteiger partial charge on any atom is -0.448 e. The minimum atomic E-state index is -0.907. The quantitative estimate of drug-likeness (QED) is 0.176. The van der Waals surface area contributed by atoms with Crippen molar-refractivity contribution in [1.82, 2.24) is 10.3 Å². The Labute approximate surface area is 108 Å². The molecule has 6 N–H and O–H groups in total. The van der Waals surface area contributed by atoms with Gasteiger partial charge in [0.25, 0.3) is 5.91 Å². The molecule has 0 aromatic carbocycles. The minimum absolute atomic E-state index is 0.0245. The number of pyridine rings is 1. The molecule has 0 aliphatic heterocycles. The SMILES string of the molecule is NC(=O)OCCNC(=O)c1ccc(/C(N)=N/O)cn1. The van der Waals surface area contributed by atoms with Crippen LogP contribution in [0.4, 0.5) is 4.79 Å². The van der Waals surface area contributed by atoms with Gasteiger partial charge in [0.15, 0.2) is 5.84 Å². The summed E-state index contributed by atoms with van der Waals surface area (Å²) in [5.74, 6) is -0.548. The maximum atomic E-state index is 11.6. The topological polar surface area (TPSA) is 153 Å². The molecule has 2 amide bonds. The van der Waals surface area contributed by atoms with Gasteiger partial charge in [-0.25, -0.2) is 4.79 Å². The first-order chi connectivity index (χ1) is 9.04. The van der Waals surface area contributed by atoms with E-state index in [-0.39, 0.29) is 24.7 Å². The summed E-state index contributed by atoms with van der Waals surface area (Å²) in [5, 5.41) is 13.7. The highest BCUT2D eigenvalue weighted by Gasteiger charge is 2.07. The fraction of sp³-hybridized carbons (Fsp3) is 0.200. The van der Waals surface area contributed by atoms with Crippen LogP contribution in [0.15, 0.2) is 23.5 Å². The van der Waals surface area contributed by atoms with Crippen molar-refractivity contribution in [3.05, 3.63) is 29.6 Å². The molecule has 0 unspecified atom stereocenters. The smallest absolute Gasteiger partial charge is 0.404 e. The maximum absolute atomic E-state index is 11.6. The van der Waals surface area contributed by atoms with E-state index in [4.69, 9.17) is 16.7 Å². The van der Waals surface area contributed by atoms with Gasteiger partial charge in [-0.05, 0) is 12.1 Å². The lowest BCUT2D eigenvalue weighted by Crippen LogP contribution is -2.29. The highest BCUT2D eigenvalue weighted by atomic mass is 16.5. The van der Waals surface area contributed by atoms with Crippen LogP contribution >= 0.6 is 0 Å². The lowest BCUT2D eigenvalue weighted by Gasteiger charge is -2.05. The fourth-order valence-corrected chi connectivity index (χ4v) is 1.14. The number of primary amides is 1. The van der Waals surface area contributed by atoms with Gasteiger partial charge in [-0.2, -0.15) is 0 Å². The molecule has 1 rings (SSSR count). The van der Waals surface area contributed by atoms with Crippen molar-refractivity contribution in [3.63, 3.8) is 0 Å². The van der Waals surface area contributed by atoms with Crippen LogP contribution in [0.1, 0.15) is 16.1 Å². The number of hydrogen-bond donors (Lipinski definition) is 4. The lowest BCUT2D eigenvalue weighted by atomic mass is 10.2. The average Bonchev–Trinajstić information content (AvgIpc) is 2.42. The van der Waals surface area contributed by atoms with Crippen molar-refractivity contribution in [2.75, 3.05) is 13.2 Å². The second kappa shape index (κ2) is 6.79. The Kier molecular flexibility index (Phi) is 5.08. The van der Waals surface area contributed by atoms with E-state index < -0.39 is 12.0 Å². The Morgan fingerprint density at radius 3 is 2.68 bits per heavy atom. The molecule has 0 fully saturated rings. The molecule has 0 saturated heterocycles. The highest BCUT2D eigenvalue weighted by Crippen LogP contribution is 2.00. The number of ether oxygens (including phenoxy) is 1. The number of nitrogens with zero attached hydrogens (tertiary/aromatic N) is 2. The lowest BCUT2D eigenvalue weighted by molar-refractivity contribution is 0.0932. The largest absolute Gasteiger partial charge is 0.448 e. The van der Waals surface area contributed by atoms with E-state index >= 15 is 0 Å². The summed E-state index contributed by atoms with van der Waals surface area (Å²) in [6, 6.07) is 2.90. The van der Waals surface area contributed by atoms with Gasteiger partial charge in [0.05, 0.1) is 6.54 Å². The number of nitrogens with one attached hydrogen (secondary N) is 1. The molecule has 0 spiro atoms. The van der Waals surface area contributed by atoms with E-state index in [1.165, 1.54) is 18.3 Å². The first kappa shape index (κ1) is 14.2. The molecule has 0 bridgehead atoms. The molecule has 9 nitrogen and oxygen atoms in total. The van der Waals surface area contributed by atoms with E-state index in [0.717, 1.165) is 0 Å². The first-order valence-electron chi connectivity index (χ1n) is 5.19. The summed E-state index contributed by atoms with van der Waals surface area (Å²) in [6.07, 6.45) is 0.389. The van der Waals surface area contributed by atoms with Gasteiger partial charge < -0.3 is 26.7 Å². The predicted octanol–water partition coefficient (Wildman–Crippen LogP) is -0.999. The van der Waals surface area contributed by atoms with E-state index in [9.17, 15) is 9.59 Å². The van der Waals surface area contributed by atoms with E-state index in [0.29, 0.717) is 5.56 Å². The second-order valence-electron chi connectivity index (χ2n) is 3.34. The van der Waals surface area contributed by atoms with Crippen molar-refractivity contribution >= 4 is 17.8 Å². The van der Waals surface area contributed by atoms with Gasteiger partial charge in [-0.15, -0.1) is 0 Å². The molecule has 19 heavy (non-hydrogen) atoms. The van der Waals surface area contributed by atoms with Crippen LogP contribution in [-0.2, 0) is 4.74 Å². The highest BCUT2D eigenvalue weighted by molar-refractivity contribution is 5.98. The number of carbonyl (C=O) groups is 2. The summed E-state index contributed by atoms with van der Waals surface area (Å²) < 4.78 is 4.44. The molecule has 0 radical (unpaired) electrons. The van der Waals surface area contributed by atoms with E-state index in [1.807, 2.05) is 0 Å². The number of carbonyl (C=O) groups excluding carboxylic acids is 2. The summed E-state index contributed by atoms with van der Waals surface area (Å²) >= 11 is 0. The van der Waals surface area contributed by atoms with Crippen molar-refractivity contribution in [2.45, 2.75) is 0 Å². The van der Waals surface area contributed by atoms with Crippen LogP contribution in [-0.4, -0.2) is 41.2 Å². The Hall–Kier alpha value is -2.84. The molecule has 0 aliphatic carbocycles. The van der Waals surface area contributed by atoms with Gasteiger partial charge >= 0.3 is 6.09 Å². The van der Waals surface area contributed by atoms with Crippen molar-refractivity contribution in [2.24, 2.45) is 16.6 Å². The molecule has 0 aliphatic rings. The Balaban J connectivity index is 2.51. The monoisotopic (exact) mass is 267 g/mol. The summed E-state index contributed by atoms with van der Waals surface area (Å²) in [6.45, 7) is 0.0920. The third kappa shape index (κ3) is 4.50. The molecule has 0 atom stereocenters. The second-order valence-corrected chi connectivity index (χ2v) is 3.34. The van der Waals surface area contributed by atoms with E-state index in [1.54, 1.807) is 0 Å². The number of nitrogens with two attached hydrogens (primary N) is 2. The molecule has 1 heterocycles. The standard InChI is InChI=1S/C10H13N5O4/c11-8(15-18)6-1-2-7(14-5-6)9(16)13-3-4-19-10(12)17/h1-2,5,18H,3-4H2,(H2,11,15)(H2,12,17)(H,13,16). The first-order valence-corrected chi connectivity index (χ1v) is 5.19. The number of amidine groups is 1. The molecular weight excluding hydrogens is 254 g/mol. The molecule has 1 aromatic heterocycles. The van der Waals surface area contributed by atoms with Gasteiger partial charge in [0.2, 0.25) is 0 Å². The Morgan fingerprint density at radius 1 is 1.42 bits per heavy atom. The zero-order chi connectivity index (χ0) is 14.3. The molecule has 9 heteroatoms. The number of rotatable bonds is 5. The van der Waals surface area contributed by atoms with Crippen LogP contribution in [0, 0.1) is 0 Å². The number of hydrogen-bond acceptors (Lipinski definition) is 6. The van der Waals surface area contributed by atoms with Crippen molar-refractivity contribution in [3.8, 4) is 0 Å². The third-order valence-corrected chi connectivity index (χ3v) is 2.03. The summed E-state index contributed by atoms with van der Waals surface area (Å²) in [7, 11) is 0. The molecule has 1 aromatic rings. The zero-order valence-corrected chi connectivity index (χ0v) is 9.87. The van der Waals surface area contributed by atoms with Crippen LogP contribution < -0.4 is 16.8 Å². The Morgan fingerprint density at radius 2 is 2.16 bits per heavy atom. The number of oxime groups is 1. The van der Waals surface area contributed by atoms with Crippen LogP contribution in [0.2, 0.25) is 0 Å². The molecular formula is C10H13N5O4. The maximum Gasteiger partial charge on any atom is 0.404 e. The van der Waals surface area contributed by atoms with Gasteiger partial charge in [0, 0.05) is 11.8 Å². The normalized spacial score (nSPS) is 10.8.